The first-order chi connectivity index (χ1) is 19.7. The summed E-state index contributed by atoms with van der Waals surface area (Å²) in [7, 11) is -0.589. The highest BCUT2D eigenvalue weighted by atomic mass is 16.7. The first-order valence-corrected chi connectivity index (χ1v) is 15.5. The van der Waals surface area contributed by atoms with Crippen LogP contribution in [-0.2, 0) is 25.3 Å². The first-order valence-electron chi connectivity index (χ1n) is 15.5. The fourth-order valence-corrected chi connectivity index (χ4v) is 7.64. The molecule has 1 aromatic carbocycles. The number of nitrogens with one attached hydrogen (secondary N) is 1. The van der Waals surface area contributed by atoms with Crippen LogP contribution >= 0.6 is 0 Å². The van der Waals surface area contributed by atoms with Crippen LogP contribution in [0.2, 0.25) is 0 Å². The lowest BCUT2D eigenvalue weighted by Gasteiger charge is -2.64. The third-order valence-electron chi connectivity index (χ3n) is 10.1. The number of rotatable bonds is 7. The third kappa shape index (κ3) is 5.98. The molecule has 226 valence electrons. The summed E-state index contributed by atoms with van der Waals surface area (Å²) in [6.45, 7) is 15.4. The molecule has 2 bridgehead atoms. The zero-order valence-electron chi connectivity index (χ0n) is 26.2. The largest absolute Gasteiger partial charge is 0.482 e. The number of alkyl carbamates (subject to hydrolysis) is 1. The van der Waals surface area contributed by atoms with E-state index in [0.717, 1.165) is 24.8 Å². The molecule has 3 saturated carbocycles. The molecule has 9 heteroatoms. The molecule has 2 saturated heterocycles. The average Bonchev–Trinajstić information content (AvgIpc) is 3.54. The fraction of sp³-hybridized carbons (Fsp3) is 0.667. The number of aryl methyl sites for hydroxylation is 1. The third-order valence-corrected chi connectivity index (χ3v) is 10.1. The standard InChI is InChI=1S/C33H46BN3O5/c1-21-10-12-22(13-11-21)15-28(34-41-27-17-24-16-26(32(24,5)6)33(27,7)42-34)36-30(39)40-20-25-9-8-14-37(25)29(38)23(19-35)18-31(2,3)4/h10-13,18,24-28H,8-9,14-17,20H2,1-7H3,(H,36,39)/b23-18+/t24-,25+,26-,27+,28-,33-/m0/s1. The van der Waals surface area contributed by atoms with Crippen LogP contribution in [0.25, 0.3) is 0 Å². The zero-order valence-corrected chi connectivity index (χ0v) is 26.2. The molecule has 5 aliphatic rings. The SMILES string of the molecule is Cc1ccc(C[C@H](NC(=O)OC[C@H]2CCCN2C(=O)/C(C#N)=C/C(C)(C)C)B2O[C@@H]3C[C@@H]4C[C@@H](C4(C)C)[C@]3(C)O2)cc1. The van der Waals surface area contributed by atoms with E-state index >= 15 is 0 Å². The fourth-order valence-electron chi connectivity index (χ4n) is 7.64. The molecule has 3 aliphatic carbocycles. The molecular weight excluding hydrogens is 529 g/mol. The number of nitriles is 1. The monoisotopic (exact) mass is 575 g/mol. The topological polar surface area (TPSA) is 101 Å². The van der Waals surface area contributed by atoms with Crippen molar-refractivity contribution in [2.24, 2.45) is 22.7 Å². The van der Waals surface area contributed by atoms with Gasteiger partial charge in [-0.2, -0.15) is 5.26 Å². The summed E-state index contributed by atoms with van der Waals surface area (Å²) in [5, 5.41) is 12.7. The molecule has 6 rings (SSSR count). The normalized spacial score (nSPS) is 30.7. The van der Waals surface area contributed by atoms with Gasteiger partial charge in [-0.1, -0.05) is 70.5 Å². The van der Waals surface area contributed by atoms with Gasteiger partial charge in [0, 0.05) is 6.54 Å². The van der Waals surface area contributed by atoms with Crippen molar-refractivity contribution < 1.29 is 23.6 Å². The van der Waals surface area contributed by atoms with Gasteiger partial charge in [-0.3, -0.25) is 4.79 Å². The Bertz CT molecular complexity index is 1270. The summed E-state index contributed by atoms with van der Waals surface area (Å²) in [5.41, 5.74) is 1.91. The van der Waals surface area contributed by atoms with E-state index in [4.69, 9.17) is 14.0 Å². The van der Waals surface area contributed by atoms with Gasteiger partial charge in [0.15, 0.2) is 0 Å². The van der Waals surface area contributed by atoms with Crippen molar-refractivity contribution in [3.05, 3.63) is 47.0 Å². The predicted molar refractivity (Wildman–Crippen MR) is 161 cm³/mol. The Morgan fingerprint density at radius 3 is 2.60 bits per heavy atom. The van der Waals surface area contributed by atoms with Gasteiger partial charge in [-0.05, 0) is 74.2 Å². The van der Waals surface area contributed by atoms with Crippen LogP contribution in [0, 0.1) is 40.9 Å². The van der Waals surface area contributed by atoms with E-state index < -0.39 is 19.2 Å². The van der Waals surface area contributed by atoms with Crippen LogP contribution in [0.1, 0.15) is 78.4 Å². The Morgan fingerprint density at radius 1 is 1.24 bits per heavy atom. The zero-order chi connectivity index (χ0) is 30.4. The molecule has 42 heavy (non-hydrogen) atoms. The van der Waals surface area contributed by atoms with Crippen LogP contribution in [0.5, 0.6) is 0 Å². The predicted octanol–water partition coefficient (Wildman–Crippen LogP) is 5.39. The van der Waals surface area contributed by atoms with E-state index in [0.29, 0.717) is 31.2 Å². The van der Waals surface area contributed by atoms with E-state index in [1.165, 1.54) is 5.56 Å². The minimum Gasteiger partial charge on any atom is -0.447 e. The summed E-state index contributed by atoms with van der Waals surface area (Å²) < 4.78 is 19.0. The highest BCUT2D eigenvalue weighted by molar-refractivity contribution is 6.47. The van der Waals surface area contributed by atoms with Crippen LogP contribution in [-0.4, -0.2) is 60.9 Å². The van der Waals surface area contributed by atoms with Crippen molar-refractivity contribution in [2.45, 2.75) is 104 Å². The number of carbonyl (C=O) groups is 2. The van der Waals surface area contributed by atoms with Crippen LogP contribution in [0.3, 0.4) is 0 Å². The van der Waals surface area contributed by atoms with Gasteiger partial charge in [0.05, 0.1) is 23.7 Å². The number of hydrogen-bond donors (Lipinski definition) is 1. The summed E-state index contributed by atoms with van der Waals surface area (Å²) in [6.07, 6.45) is 5.33. The molecule has 5 fully saturated rings. The van der Waals surface area contributed by atoms with Crippen LogP contribution < -0.4 is 5.32 Å². The number of ether oxygens (including phenoxy) is 1. The number of likely N-dealkylation sites (tertiary alicyclic amines) is 1. The van der Waals surface area contributed by atoms with Crippen LogP contribution in [0.4, 0.5) is 4.79 Å². The molecule has 6 atom stereocenters. The van der Waals surface area contributed by atoms with Crippen molar-refractivity contribution in [3.8, 4) is 6.07 Å². The lowest BCUT2D eigenvalue weighted by Crippen LogP contribution is -2.65. The number of benzene rings is 1. The van der Waals surface area contributed by atoms with Gasteiger partial charge >= 0.3 is 13.2 Å². The molecular formula is C33H46BN3O5. The van der Waals surface area contributed by atoms with Crippen molar-refractivity contribution in [3.63, 3.8) is 0 Å². The van der Waals surface area contributed by atoms with Gasteiger partial charge in [0.1, 0.15) is 18.2 Å². The van der Waals surface area contributed by atoms with Crippen molar-refractivity contribution in [1.82, 2.24) is 10.2 Å². The molecule has 2 aliphatic heterocycles. The average molecular weight is 576 g/mol. The highest BCUT2D eigenvalue weighted by Gasteiger charge is 2.68. The molecule has 0 aromatic heterocycles. The summed E-state index contributed by atoms with van der Waals surface area (Å²) >= 11 is 0. The van der Waals surface area contributed by atoms with E-state index in [1.807, 2.05) is 20.8 Å². The maximum absolute atomic E-state index is 13.2. The number of allylic oxidation sites excluding steroid dienone is 1. The lowest BCUT2D eigenvalue weighted by molar-refractivity contribution is -0.199. The number of hydrogen-bond acceptors (Lipinski definition) is 6. The van der Waals surface area contributed by atoms with Crippen molar-refractivity contribution in [1.29, 1.82) is 5.26 Å². The van der Waals surface area contributed by atoms with Crippen LogP contribution in [0.15, 0.2) is 35.9 Å². The maximum atomic E-state index is 13.2. The first kappa shape index (κ1) is 30.6. The Morgan fingerprint density at radius 2 is 1.95 bits per heavy atom. The molecule has 2 amide bonds. The van der Waals surface area contributed by atoms with E-state index in [9.17, 15) is 14.9 Å². The Kier molecular flexibility index (Phi) is 8.28. The van der Waals surface area contributed by atoms with Crippen molar-refractivity contribution >= 4 is 19.1 Å². The molecule has 1 N–H and O–H groups in total. The van der Waals surface area contributed by atoms with Gasteiger partial charge in [-0.25, -0.2) is 4.79 Å². The summed E-state index contributed by atoms with van der Waals surface area (Å²) in [5.74, 6) is 0.306. The Balaban J connectivity index is 1.26. The molecule has 1 aromatic rings. The molecule has 8 nitrogen and oxygen atoms in total. The summed E-state index contributed by atoms with van der Waals surface area (Å²) in [4.78, 5) is 28.1. The van der Waals surface area contributed by atoms with Gasteiger partial charge in [0.2, 0.25) is 0 Å². The molecule has 0 radical (unpaired) electrons. The number of carbonyl (C=O) groups excluding carboxylic acids is 2. The summed E-state index contributed by atoms with van der Waals surface area (Å²) in [6, 6.07) is 10.1. The van der Waals surface area contributed by atoms with Gasteiger partial charge in [-0.15, -0.1) is 0 Å². The minimum atomic E-state index is -0.589. The van der Waals surface area contributed by atoms with E-state index in [1.54, 1.807) is 11.0 Å². The highest BCUT2D eigenvalue weighted by Crippen LogP contribution is 2.65. The lowest BCUT2D eigenvalue weighted by atomic mass is 9.43. The number of amides is 2. The minimum absolute atomic E-state index is 0.00570. The molecule has 0 spiro atoms. The second-order valence-electron chi connectivity index (χ2n) is 14.7. The molecule has 0 unspecified atom stereocenters. The van der Waals surface area contributed by atoms with Gasteiger partial charge < -0.3 is 24.3 Å². The Labute approximate surface area is 251 Å². The molecule has 2 heterocycles. The second-order valence-corrected chi connectivity index (χ2v) is 14.7. The van der Waals surface area contributed by atoms with E-state index in [-0.39, 0.29) is 46.7 Å². The second kappa shape index (κ2) is 11.4. The Hall–Kier alpha value is -2.83. The quantitative estimate of drug-likeness (QED) is 0.266. The van der Waals surface area contributed by atoms with E-state index in [2.05, 4.69) is 63.3 Å². The smallest absolute Gasteiger partial charge is 0.447 e. The maximum Gasteiger partial charge on any atom is 0.482 e. The van der Waals surface area contributed by atoms with Crippen molar-refractivity contribution in [2.75, 3.05) is 13.2 Å². The van der Waals surface area contributed by atoms with Gasteiger partial charge in [0.25, 0.3) is 5.91 Å². The number of nitrogens with zero attached hydrogens (tertiary/aromatic N) is 2.